The largest absolute Gasteiger partial charge is 0.475 e. The van der Waals surface area contributed by atoms with E-state index >= 15 is 0 Å². The van der Waals surface area contributed by atoms with Crippen molar-refractivity contribution in [3.63, 3.8) is 0 Å². The Morgan fingerprint density at radius 2 is 1.93 bits per heavy atom. The Balaban J connectivity index is 1.61. The normalized spacial score (nSPS) is 16.5. The first-order valence-corrected chi connectivity index (χ1v) is 9.25. The lowest BCUT2D eigenvalue weighted by Gasteiger charge is -2.21. The van der Waals surface area contributed by atoms with Crippen LogP contribution in [0.15, 0.2) is 59.7 Å². The third-order valence-electron chi connectivity index (χ3n) is 4.75. The van der Waals surface area contributed by atoms with E-state index in [0.29, 0.717) is 29.5 Å². The van der Waals surface area contributed by atoms with E-state index in [-0.39, 0.29) is 17.4 Å². The van der Waals surface area contributed by atoms with Crippen molar-refractivity contribution in [2.45, 2.75) is 26.8 Å². The molecule has 6 heteroatoms. The van der Waals surface area contributed by atoms with Crippen LogP contribution in [-0.2, 0) is 4.74 Å². The van der Waals surface area contributed by atoms with Crippen LogP contribution in [0.1, 0.15) is 36.8 Å². The lowest BCUT2D eigenvalue weighted by molar-refractivity contribution is 0.102. The molecule has 28 heavy (non-hydrogen) atoms. The summed E-state index contributed by atoms with van der Waals surface area (Å²) in [4.78, 5) is 26.1. The number of fused-ring (bicyclic) bond motifs is 1. The first-order valence-electron chi connectivity index (χ1n) is 9.25. The molecule has 142 valence electrons. The molecule has 0 spiro atoms. The average Bonchev–Trinajstić information content (AvgIpc) is 3.18. The second kappa shape index (κ2) is 7.03. The molecule has 0 radical (unpaired) electrons. The molecule has 0 bridgehead atoms. The molecule has 1 amide bonds. The SMILES string of the molecule is CC(C)(C)[C@H]1COC(c2ccccc2NC(=O)c2ccc3cccnc3n2)=N1. The molecule has 1 aromatic carbocycles. The standard InChI is InChI=1S/C22H22N4O2/c1-22(2,3)18-13-28-21(26-18)15-8-4-5-9-16(15)25-20(27)17-11-10-14-7-6-12-23-19(14)24-17/h4-12,18H,13H2,1-3H3,(H,25,27)/t18-/m1/s1. The molecule has 1 aliphatic rings. The Labute approximate surface area is 163 Å². The number of hydrogen-bond acceptors (Lipinski definition) is 5. The van der Waals surface area contributed by atoms with Crippen molar-refractivity contribution >= 4 is 28.5 Å². The zero-order valence-electron chi connectivity index (χ0n) is 16.1. The van der Waals surface area contributed by atoms with Gasteiger partial charge in [-0.15, -0.1) is 0 Å². The van der Waals surface area contributed by atoms with Crippen LogP contribution in [0, 0.1) is 5.41 Å². The van der Waals surface area contributed by atoms with Crippen molar-refractivity contribution in [1.82, 2.24) is 9.97 Å². The summed E-state index contributed by atoms with van der Waals surface area (Å²) in [6.07, 6.45) is 1.66. The Kier molecular flexibility index (Phi) is 4.55. The first-order chi connectivity index (χ1) is 13.4. The molecule has 3 heterocycles. The minimum atomic E-state index is -0.300. The molecule has 3 aromatic rings. The number of rotatable bonds is 3. The lowest BCUT2D eigenvalue weighted by Crippen LogP contribution is -2.25. The summed E-state index contributed by atoms with van der Waals surface area (Å²) in [7, 11) is 0. The average molecular weight is 374 g/mol. The minimum absolute atomic E-state index is 0.0158. The first kappa shape index (κ1) is 18.1. The third-order valence-corrected chi connectivity index (χ3v) is 4.75. The quantitative estimate of drug-likeness (QED) is 0.750. The van der Waals surface area contributed by atoms with Gasteiger partial charge in [0.25, 0.3) is 5.91 Å². The lowest BCUT2D eigenvalue weighted by atomic mass is 9.88. The fraction of sp³-hybridized carbons (Fsp3) is 0.273. The molecular weight excluding hydrogens is 352 g/mol. The van der Waals surface area contributed by atoms with Crippen LogP contribution >= 0.6 is 0 Å². The fourth-order valence-electron chi connectivity index (χ4n) is 3.01. The van der Waals surface area contributed by atoms with Crippen molar-refractivity contribution in [1.29, 1.82) is 0 Å². The van der Waals surface area contributed by atoms with Crippen molar-refractivity contribution < 1.29 is 9.53 Å². The summed E-state index contributed by atoms with van der Waals surface area (Å²) in [6.45, 7) is 6.96. The van der Waals surface area contributed by atoms with Crippen molar-refractivity contribution in [2.24, 2.45) is 10.4 Å². The number of carbonyl (C=O) groups excluding carboxylic acids is 1. The van der Waals surface area contributed by atoms with Gasteiger partial charge in [0.05, 0.1) is 17.3 Å². The molecule has 0 fully saturated rings. The van der Waals surface area contributed by atoms with Gasteiger partial charge in [-0.1, -0.05) is 32.9 Å². The maximum absolute atomic E-state index is 12.8. The van der Waals surface area contributed by atoms with Gasteiger partial charge in [-0.05, 0) is 41.8 Å². The summed E-state index contributed by atoms with van der Waals surface area (Å²) in [5.41, 5.74) is 2.27. The Hall–Kier alpha value is -3.28. The Morgan fingerprint density at radius 1 is 1.11 bits per heavy atom. The van der Waals surface area contributed by atoms with Gasteiger partial charge >= 0.3 is 0 Å². The predicted molar refractivity (Wildman–Crippen MR) is 110 cm³/mol. The molecule has 1 N–H and O–H groups in total. The zero-order chi connectivity index (χ0) is 19.7. The van der Waals surface area contributed by atoms with E-state index in [1.807, 2.05) is 42.5 Å². The molecule has 0 saturated carbocycles. The molecule has 0 aliphatic carbocycles. The number of aliphatic imine (C=N–C) groups is 1. The van der Waals surface area contributed by atoms with E-state index in [9.17, 15) is 4.79 Å². The fourth-order valence-corrected chi connectivity index (χ4v) is 3.01. The van der Waals surface area contributed by atoms with Crippen LogP contribution in [0.2, 0.25) is 0 Å². The van der Waals surface area contributed by atoms with Crippen molar-refractivity contribution in [2.75, 3.05) is 11.9 Å². The predicted octanol–water partition coefficient (Wildman–Crippen LogP) is 4.07. The Bertz CT molecular complexity index is 1070. The van der Waals surface area contributed by atoms with E-state index in [4.69, 9.17) is 9.73 Å². The summed E-state index contributed by atoms with van der Waals surface area (Å²) < 4.78 is 5.84. The minimum Gasteiger partial charge on any atom is -0.475 e. The summed E-state index contributed by atoms with van der Waals surface area (Å²) >= 11 is 0. The molecule has 2 aromatic heterocycles. The third kappa shape index (κ3) is 3.58. The van der Waals surface area contributed by atoms with E-state index < -0.39 is 0 Å². The van der Waals surface area contributed by atoms with Crippen LogP contribution in [0.25, 0.3) is 11.0 Å². The van der Waals surface area contributed by atoms with Gasteiger partial charge in [-0.2, -0.15) is 0 Å². The molecule has 0 unspecified atom stereocenters. The summed E-state index contributed by atoms with van der Waals surface area (Å²) in [5, 5.41) is 3.82. The molecular formula is C22H22N4O2. The highest BCUT2D eigenvalue weighted by atomic mass is 16.5. The van der Waals surface area contributed by atoms with E-state index in [0.717, 1.165) is 10.9 Å². The molecule has 6 nitrogen and oxygen atoms in total. The van der Waals surface area contributed by atoms with Crippen molar-refractivity contribution in [3.05, 3.63) is 66.0 Å². The smallest absolute Gasteiger partial charge is 0.274 e. The molecule has 1 aliphatic heterocycles. The number of hydrogen-bond donors (Lipinski definition) is 1. The van der Waals surface area contributed by atoms with Crippen LogP contribution in [-0.4, -0.2) is 34.4 Å². The van der Waals surface area contributed by atoms with Gasteiger partial charge in [0.1, 0.15) is 12.3 Å². The van der Waals surface area contributed by atoms with Crippen LogP contribution in [0.3, 0.4) is 0 Å². The van der Waals surface area contributed by atoms with Gasteiger partial charge in [-0.25, -0.2) is 15.0 Å². The number of aromatic nitrogens is 2. The zero-order valence-corrected chi connectivity index (χ0v) is 16.1. The van der Waals surface area contributed by atoms with E-state index in [1.165, 1.54) is 0 Å². The number of pyridine rings is 2. The highest BCUT2D eigenvalue weighted by molar-refractivity contribution is 6.09. The van der Waals surface area contributed by atoms with Gasteiger partial charge in [0.15, 0.2) is 5.65 Å². The monoisotopic (exact) mass is 374 g/mol. The van der Waals surface area contributed by atoms with Gasteiger partial charge in [0.2, 0.25) is 5.90 Å². The number of para-hydroxylation sites is 1. The topological polar surface area (TPSA) is 76.5 Å². The number of nitrogens with one attached hydrogen (secondary N) is 1. The number of benzene rings is 1. The second-order valence-corrected chi connectivity index (χ2v) is 7.87. The maximum atomic E-state index is 12.8. The highest BCUT2D eigenvalue weighted by Gasteiger charge is 2.31. The molecule has 0 saturated heterocycles. The van der Waals surface area contributed by atoms with Crippen LogP contribution in [0.4, 0.5) is 5.69 Å². The number of amides is 1. The van der Waals surface area contributed by atoms with Crippen molar-refractivity contribution in [3.8, 4) is 0 Å². The molecule has 4 rings (SSSR count). The van der Waals surface area contributed by atoms with Gasteiger partial charge < -0.3 is 10.1 Å². The van der Waals surface area contributed by atoms with Gasteiger partial charge in [0, 0.05) is 11.6 Å². The van der Waals surface area contributed by atoms with Gasteiger partial charge in [-0.3, -0.25) is 4.79 Å². The summed E-state index contributed by atoms with van der Waals surface area (Å²) in [6, 6.07) is 14.9. The van der Waals surface area contributed by atoms with Crippen LogP contribution < -0.4 is 5.32 Å². The van der Waals surface area contributed by atoms with E-state index in [1.54, 1.807) is 12.3 Å². The number of ether oxygens (including phenoxy) is 1. The maximum Gasteiger partial charge on any atom is 0.274 e. The van der Waals surface area contributed by atoms with Crippen LogP contribution in [0.5, 0.6) is 0 Å². The van der Waals surface area contributed by atoms with E-state index in [2.05, 4.69) is 36.1 Å². The second-order valence-electron chi connectivity index (χ2n) is 7.87. The summed E-state index contributed by atoms with van der Waals surface area (Å²) in [5.74, 6) is 0.259. The number of nitrogens with zero attached hydrogens (tertiary/aromatic N) is 3. The molecule has 1 atom stereocenters. The number of anilines is 1. The highest BCUT2D eigenvalue weighted by Crippen LogP contribution is 2.29. The number of carbonyl (C=O) groups is 1. The Morgan fingerprint density at radius 3 is 2.71 bits per heavy atom.